The fourth-order valence-corrected chi connectivity index (χ4v) is 3.94. The Bertz CT molecular complexity index is 759. The molecule has 0 fully saturated rings. The van der Waals surface area contributed by atoms with E-state index in [9.17, 15) is 8.42 Å². The van der Waals surface area contributed by atoms with E-state index >= 15 is 0 Å². The molecule has 0 unspecified atom stereocenters. The average Bonchev–Trinajstić information content (AvgIpc) is 2.60. The fraction of sp³-hybridized carbons (Fsp3) is 0. The number of nitriles is 2. The zero-order valence-electron chi connectivity index (χ0n) is 8.95. The van der Waals surface area contributed by atoms with E-state index in [-0.39, 0.29) is 20.9 Å². The normalized spacial score (nSPS) is 17.9. The van der Waals surface area contributed by atoms with Crippen LogP contribution in [0.15, 0.2) is 45.0 Å². The Hall–Kier alpha value is -2.02. The highest BCUT2D eigenvalue weighted by Crippen LogP contribution is 2.44. The molecule has 0 aromatic heterocycles. The minimum absolute atomic E-state index is 0.100. The second-order valence-electron chi connectivity index (χ2n) is 3.47. The standard InChI is InChI=1S/C12H6N2O2S2/c13-5-8(6-14)12-9-3-1-2-4-10(9)18(15,16)11(12)7-17/h1-4,7,17H/b11-7-. The first kappa shape index (κ1) is 12.4. The summed E-state index contributed by atoms with van der Waals surface area (Å²) < 4.78 is 24.4. The van der Waals surface area contributed by atoms with E-state index in [1.165, 1.54) is 6.07 Å². The highest BCUT2D eigenvalue weighted by molar-refractivity contribution is 7.97. The molecule has 1 aliphatic heterocycles. The molecular formula is C12H6N2O2S2. The van der Waals surface area contributed by atoms with Crippen molar-refractivity contribution in [2.45, 2.75) is 4.90 Å². The Kier molecular flexibility index (Phi) is 3.00. The van der Waals surface area contributed by atoms with Gasteiger partial charge < -0.3 is 0 Å². The van der Waals surface area contributed by atoms with E-state index in [4.69, 9.17) is 10.5 Å². The van der Waals surface area contributed by atoms with Crippen LogP contribution in [0.3, 0.4) is 0 Å². The van der Waals surface area contributed by atoms with Gasteiger partial charge in [0.1, 0.15) is 17.7 Å². The van der Waals surface area contributed by atoms with Crippen molar-refractivity contribution in [1.82, 2.24) is 0 Å². The highest BCUT2D eigenvalue weighted by atomic mass is 32.2. The summed E-state index contributed by atoms with van der Waals surface area (Å²) in [6, 6.07) is 9.69. The van der Waals surface area contributed by atoms with Gasteiger partial charge in [-0.1, -0.05) is 18.2 Å². The Morgan fingerprint density at radius 1 is 1.22 bits per heavy atom. The minimum Gasteiger partial charge on any atom is -0.218 e. The van der Waals surface area contributed by atoms with Crippen molar-refractivity contribution in [3.63, 3.8) is 0 Å². The molecule has 4 nitrogen and oxygen atoms in total. The first-order valence-corrected chi connectivity index (χ1v) is 6.81. The third kappa shape index (κ3) is 1.55. The molecule has 0 aliphatic carbocycles. The highest BCUT2D eigenvalue weighted by Gasteiger charge is 2.37. The van der Waals surface area contributed by atoms with Gasteiger partial charge in [-0.15, -0.1) is 0 Å². The molecule has 0 spiro atoms. The number of benzene rings is 1. The number of allylic oxidation sites excluding steroid dienone is 2. The molecule has 1 heterocycles. The zero-order chi connectivity index (χ0) is 13.3. The Labute approximate surface area is 110 Å². The third-order valence-corrected chi connectivity index (χ3v) is 4.84. The molecule has 1 aliphatic rings. The van der Waals surface area contributed by atoms with Crippen LogP contribution in [0.1, 0.15) is 5.56 Å². The van der Waals surface area contributed by atoms with E-state index in [0.717, 1.165) is 5.41 Å². The van der Waals surface area contributed by atoms with Gasteiger partial charge in [0, 0.05) is 11.1 Å². The molecule has 1 aromatic rings. The first-order chi connectivity index (χ1) is 8.57. The second-order valence-corrected chi connectivity index (χ2v) is 5.61. The van der Waals surface area contributed by atoms with Gasteiger partial charge in [0.25, 0.3) is 0 Å². The lowest BCUT2D eigenvalue weighted by Crippen LogP contribution is -1.97. The Morgan fingerprint density at radius 2 is 1.83 bits per heavy atom. The van der Waals surface area contributed by atoms with Crippen LogP contribution >= 0.6 is 12.6 Å². The number of hydrogen-bond acceptors (Lipinski definition) is 5. The fourth-order valence-electron chi connectivity index (χ4n) is 1.82. The van der Waals surface area contributed by atoms with Crippen LogP contribution in [0.5, 0.6) is 0 Å². The topological polar surface area (TPSA) is 81.7 Å². The summed E-state index contributed by atoms with van der Waals surface area (Å²) in [5.41, 5.74) is 0.269. The van der Waals surface area contributed by atoms with Crippen LogP contribution in [-0.2, 0) is 9.84 Å². The predicted octanol–water partition coefficient (Wildman–Crippen LogP) is 2.05. The third-order valence-electron chi connectivity index (χ3n) is 2.57. The smallest absolute Gasteiger partial charge is 0.208 e. The van der Waals surface area contributed by atoms with Crippen molar-refractivity contribution in [2.24, 2.45) is 0 Å². The van der Waals surface area contributed by atoms with Gasteiger partial charge in [-0.3, -0.25) is 0 Å². The molecule has 0 N–H and O–H groups in total. The molecule has 88 valence electrons. The van der Waals surface area contributed by atoms with Gasteiger partial charge in [0.05, 0.1) is 9.80 Å². The van der Waals surface area contributed by atoms with Crippen molar-refractivity contribution >= 4 is 28.0 Å². The van der Waals surface area contributed by atoms with Crippen molar-refractivity contribution in [3.8, 4) is 12.1 Å². The summed E-state index contributed by atoms with van der Waals surface area (Å²) in [5.74, 6) is 0. The van der Waals surface area contributed by atoms with Gasteiger partial charge in [-0.25, -0.2) is 8.42 Å². The van der Waals surface area contributed by atoms with Crippen molar-refractivity contribution in [3.05, 3.63) is 45.7 Å². The van der Waals surface area contributed by atoms with Crippen molar-refractivity contribution in [1.29, 1.82) is 10.5 Å². The SMILES string of the molecule is N#CC(C#N)=C1/C(=C/S)S(=O)(=O)c2ccccc21. The summed E-state index contributed by atoms with van der Waals surface area (Å²) in [6.07, 6.45) is 0. The largest absolute Gasteiger partial charge is 0.218 e. The molecule has 18 heavy (non-hydrogen) atoms. The van der Waals surface area contributed by atoms with E-state index in [1.807, 2.05) is 0 Å². The molecule has 6 heteroatoms. The van der Waals surface area contributed by atoms with Crippen LogP contribution in [0.25, 0.3) is 5.57 Å². The van der Waals surface area contributed by atoms with E-state index in [0.29, 0.717) is 5.56 Å². The van der Waals surface area contributed by atoms with Crippen LogP contribution in [-0.4, -0.2) is 8.42 Å². The second kappa shape index (κ2) is 4.34. The molecule has 0 amide bonds. The summed E-state index contributed by atoms with van der Waals surface area (Å²) >= 11 is 3.87. The van der Waals surface area contributed by atoms with Gasteiger partial charge in [0.2, 0.25) is 9.84 Å². The van der Waals surface area contributed by atoms with E-state index < -0.39 is 9.84 Å². The summed E-state index contributed by atoms with van der Waals surface area (Å²) in [4.78, 5) is -0.00608. The summed E-state index contributed by atoms with van der Waals surface area (Å²) in [5, 5.41) is 18.9. The van der Waals surface area contributed by atoms with Crippen LogP contribution in [0.4, 0.5) is 0 Å². The summed E-state index contributed by atoms with van der Waals surface area (Å²) in [7, 11) is -3.69. The minimum atomic E-state index is -3.69. The lowest BCUT2D eigenvalue weighted by Gasteiger charge is -1.98. The van der Waals surface area contributed by atoms with Gasteiger partial charge in [-0.2, -0.15) is 23.2 Å². The monoisotopic (exact) mass is 274 g/mol. The van der Waals surface area contributed by atoms with Crippen molar-refractivity contribution < 1.29 is 8.42 Å². The van der Waals surface area contributed by atoms with Gasteiger partial charge in [0.15, 0.2) is 0 Å². The van der Waals surface area contributed by atoms with Crippen LogP contribution in [0.2, 0.25) is 0 Å². The quantitative estimate of drug-likeness (QED) is 0.580. The summed E-state index contributed by atoms with van der Waals surface area (Å²) in [6.45, 7) is 0. The first-order valence-electron chi connectivity index (χ1n) is 4.81. The molecule has 0 atom stereocenters. The number of rotatable bonds is 0. The number of fused-ring (bicyclic) bond motifs is 1. The molecule has 0 radical (unpaired) electrons. The maximum Gasteiger partial charge on any atom is 0.208 e. The number of thiol groups is 1. The van der Waals surface area contributed by atoms with E-state index in [2.05, 4.69) is 12.6 Å². The molecule has 0 saturated carbocycles. The average molecular weight is 274 g/mol. The van der Waals surface area contributed by atoms with Crippen LogP contribution in [0, 0.1) is 22.7 Å². The molecule has 2 rings (SSSR count). The lowest BCUT2D eigenvalue weighted by molar-refractivity contribution is 0.604. The van der Waals surface area contributed by atoms with Crippen LogP contribution < -0.4 is 0 Å². The predicted molar refractivity (Wildman–Crippen MR) is 68.8 cm³/mol. The van der Waals surface area contributed by atoms with Gasteiger partial charge in [-0.05, 0) is 11.5 Å². The number of sulfone groups is 1. The van der Waals surface area contributed by atoms with Gasteiger partial charge >= 0.3 is 0 Å². The molecular weight excluding hydrogens is 268 g/mol. The maximum atomic E-state index is 12.2. The zero-order valence-corrected chi connectivity index (χ0v) is 10.7. The lowest BCUT2D eigenvalue weighted by atomic mass is 10.0. The van der Waals surface area contributed by atoms with Crippen molar-refractivity contribution in [2.75, 3.05) is 0 Å². The molecule has 0 saturated heterocycles. The molecule has 1 aromatic carbocycles. The maximum absolute atomic E-state index is 12.2. The Balaban J connectivity index is 3.00. The molecule has 0 bridgehead atoms. The number of hydrogen-bond donors (Lipinski definition) is 1. The van der Waals surface area contributed by atoms with E-state index in [1.54, 1.807) is 30.3 Å². The number of nitrogens with zero attached hydrogens (tertiary/aromatic N) is 2. The Morgan fingerprint density at radius 3 is 2.39 bits per heavy atom.